The fourth-order valence-electron chi connectivity index (χ4n) is 2.79. The van der Waals surface area contributed by atoms with E-state index >= 15 is 0 Å². The van der Waals surface area contributed by atoms with Crippen molar-refractivity contribution < 1.29 is 14.0 Å². The zero-order valence-electron chi connectivity index (χ0n) is 13.2. The number of rotatable bonds is 2. The van der Waals surface area contributed by atoms with Gasteiger partial charge in [0.05, 0.1) is 5.57 Å². The van der Waals surface area contributed by atoms with Gasteiger partial charge in [0.1, 0.15) is 11.5 Å². The maximum Gasteiger partial charge on any atom is 0.368 e. The molecule has 0 unspecified atom stereocenters. The van der Waals surface area contributed by atoms with E-state index in [-0.39, 0.29) is 5.82 Å². The van der Waals surface area contributed by atoms with Crippen molar-refractivity contribution in [1.29, 1.82) is 0 Å². The summed E-state index contributed by atoms with van der Waals surface area (Å²) in [6.07, 6.45) is 1.79. The third-order valence-electron chi connectivity index (χ3n) is 3.84. The summed E-state index contributed by atoms with van der Waals surface area (Å²) in [5.74, 6) is -0.834. The van der Waals surface area contributed by atoms with E-state index < -0.39 is 5.97 Å². The number of carbonyl (C=O) groups is 1. The maximum absolute atomic E-state index is 13.1. The number of hydrogen-bond acceptors (Lipinski definition) is 3. The standard InChI is InChI=1S/C19H16FNO2/c1-11-8-12(2)16(13(3)9-11)10-17-18(21-23-19(17)22)14-4-6-15(20)7-5-14/h4-10H,1-3H3/b17-10-. The molecule has 23 heavy (non-hydrogen) atoms. The number of hydrogen-bond donors (Lipinski definition) is 0. The lowest BCUT2D eigenvalue weighted by Gasteiger charge is -2.08. The molecule has 0 fully saturated rings. The van der Waals surface area contributed by atoms with E-state index in [1.165, 1.54) is 17.7 Å². The van der Waals surface area contributed by atoms with Gasteiger partial charge in [0, 0.05) is 5.56 Å². The highest BCUT2D eigenvalue weighted by molar-refractivity contribution is 6.31. The Kier molecular flexibility index (Phi) is 3.82. The van der Waals surface area contributed by atoms with Crippen LogP contribution in [-0.2, 0) is 9.63 Å². The summed E-state index contributed by atoms with van der Waals surface area (Å²) < 4.78 is 13.1. The quantitative estimate of drug-likeness (QED) is 0.619. The summed E-state index contributed by atoms with van der Waals surface area (Å²) in [6, 6.07) is 9.96. The van der Waals surface area contributed by atoms with Crippen molar-refractivity contribution >= 4 is 17.8 Å². The van der Waals surface area contributed by atoms with Gasteiger partial charge >= 0.3 is 5.97 Å². The SMILES string of the molecule is Cc1cc(C)c(/C=C2\C(=O)ON=C2c2ccc(F)cc2)c(C)c1. The number of oxime groups is 1. The minimum absolute atomic E-state index is 0.338. The molecule has 1 heterocycles. The third-order valence-corrected chi connectivity index (χ3v) is 3.84. The topological polar surface area (TPSA) is 38.7 Å². The second kappa shape index (κ2) is 5.80. The Bertz CT molecular complexity index is 825. The van der Waals surface area contributed by atoms with Crippen LogP contribution in [-0.4, -0.2) is 11.7 Å². The van der Waals surface area contributed by atoms with Crippen molar-refractivity contribution in [3.05, 3.63) is 75.6 Å². The molecule has 2 aromatic rings. The summed E-state index contributed by atoms with van der Waals surface area (Å²) in [7, 11) is 0. The van der Waals surface area contributed by atoms with E-state index in [1.807, 2.05) is 20.8 Å². The molecular weight excluding hydrogens is 293 g/mol. The molecule has 0 N–H and O–H groups in total. The predicted molar refractivity (Wildman–Crippen MR) is 87.7 cm³/mol. The second-order valence-corrected chi connectivity index (χ2v) is 5.70. The molecule has 1 aliphatic rings. The molecule has 0 bridgehead atoms. The van der Waals surface area contributed by atoms with E-state index in [0.717, 1.165) is 16.7 Å². The van der Waals surface area contributed by atoms with Crippen LogP contribution >= 0.6 is 0 Å². The monoisotopic (exact) mass is 309 g/mol. The summed E-state index contributed by atoms with van der Waals surface area (Å²) in [5.41, 5.74) is 5.75. The minimum atomic E-state index is -0.497. The Labute approximate surface area is 134 Å². The van der Waals surface area contributed by atoms with Gasteiger partial charge < -0.3 is 4.84 Å². The Morgan fingerprint density at radius 3 is 2.26 bits per heavy atom. The van der Waals surface area contributed by atoms with Crippen molar-refractivity contribution in [3.8, 4) is 0 Å². The highest BCUT2D eigenvalue weighted by Crippen LogP contribution is 2.25. The molecule has 1 aliphatic heterocycles. The van der Waals surface area contributed by atoms with E-state index in [9.17, 15) is 9.18 Å². The first-order chi connectivity index (χ1) is 11.0. The molecule has 0 saturated heterocycles. The van der Waals surface area contributed by atoms with E-state index in [0.29, 0.717) is 16.8 Å². The minimum Gasteiger partial charge on any atom is -0.312 e. The van der Waals surface area contributed by atoms with Gasteiger partial charge in [0.15, 0.2) is 0 Å². The van der Waals surface area contributed by atoms with Gasteiger partial charge in [-0.25, -0.2) is 9.18 Å². The molecule has 0 amide bonds. The Balaban J connectivity index is 2.08. The third kappa shape index (κ3) is 2.93. The number of carbonyl (C=O) groups excluding carboxylic acids is 1. The molecular formula is C19H16FNO2. The van der Waals surface area contributed by atoms with Crippen LogP contribution in [0.3, 0.4) is 0 Å². The van der Waals surface area contributed by atoms with E-state index in [4.69, 9.17) is 4.84 Å². The molecule has 0 aromatic heterocycles. The van der Waals surface area contributed by atoms with Gasteiger partial charge in [0.25, 0.3) is 0 Å². The molecule has 0 radical (unpaired) electrons. The summed E-state index contributed by atoms with van der Waals surface area (Å²) >= 11 is 0. The fraction of sp³-hybridized carbons (Fsp3) is 0.158. The van der Waals surface area contributed by atoms with Gasteiger partial charge in [-0.2, -0.15) is 0 Å². The Morgan fingerprint density at radius 1 is 1.04 bits per heavy atom. The van der Waals surface area contributed by atoms with E-state index in [2.05, 4.69) is 17.3 Å². The van der Waals surface area contributed by atoms with Crippen LogP contribution in [0.15, 0.2) is 47.1 Å². The first kappa shape index (κ1) is 15.2. The highest BCUT2D eigenvalue weighted by Gasteiger charge is 2.27. The fourth-order valence-corrected chi connectivity index (χ4v) is 2.79. The highest BCUT2D eigenvalue weighted by atomic mass is 19.1. The van der Waals surface area contributed by atoms with Gasteiger partial charge in [-0.05, 0) is 67.8 Å². The lowest BCUT2D eigenvalue weighted by Crippen LogP contribution is -2.07. The van der Waals surface area contributed by atoms with Crippen molar-refractivity contribution in [3.63, 3.8) is 0 Å². The Morgan fingerprint density at radius 2 is 1.65 bits per heavy atom. The summed E-state index contributed by atoms with van der Waals surface area (Å²) in [6.45, 7) is 6.04. The molecule has 0 atom stereocenters. The smallest absolute Gasteiger partial charge is 0.312 e. The van der Waals surface area contributed by atoms with Crippen LogP contribution in [0.25, 0.3) is 6.08 Å². The van der Waals surface area contributed by atoms with Crippen LogP contribution in [0, 0.1) is 26.6 Å². The number of nitrogens with zero attached hydrogens (tertiary/aromatic N) is 1. The van der Waals surface area contributed by atoms with Gasteiger partial charge in [0.2, 0.25) is 0 Å². The first-order valence-corrected chi connectivity index (χ1v) is 7.31. The molecule has 3 nitrogen and oxygen atoms in total. The molecule has 0 aliphatic carbocycles. The molecule has 3 rings (SSSR count). The first-order valence-electron chi connectivity index (χ1n) is 7.31. The van der Waals surface area contributed by atoms with Crippen molar-refractivity contribution in [2.24, 2.45) is 5.16 Å². The molecule has 4 heteroatoms. The zero-order valence-corrected chi connectivity index (χ0v) is 13.2. The summed E-state index contributed by atoms with van der Waals surface area (Å²) in [4.78, 5) is 16.9. The van der Waals surface area contributed by atoms with Gasteiger partial charge in [-0.3, -0.25) is 0 Å². The lowest BCUT2D eigenvalue weighted by molar-refractivity contribution is -0.136. The molecule has 116 valence electrons. The van der Waals surface area contributed by atoms with Crippen molar-refractivity contribution in [1.82, 2.24) is 0 Å². The van der Waals surface area contributed by atoms with E-state index in [1.54, 1.807) is 18.2 Å². The van der Waals surface area contributed by atoms with Crippen molar-refractivity contribution in [2.75, 3.05) is 0 Å². The predicted octanol–water partition coefficient (Wildman–Crippen LogP) is 4.10. The number of aryl methyl sites for hydroxylation is 3. The largest absolute Gasteiger partial charge is 0.368 e. The van der Waals surface area contributed by atoms with Crippen LogP contribution in [0.2, 0.25) is 0 Å². The van der Waals surface area contributed by atoms with Gasteiger partial charge in [-0.1, -0.05) is 22.9 Å². The van der Waals surface area contributed by atoms with Crippen LogP contribution < -0.4 is 0 Å². The second-order valence-electron chi connectivity index (χ2n) is 5.70. The van der Waals surface area contributed by atoms with Crippen LogP contribution in [0.5, 0.6) is 0 Å². The average Bonchev–Trinajstić information content (AvgIpc) is 2.85. The Hall–Kier alpha value is -2.75. The normalized spacial score (nSPS) is 15.7. The van der Waals surface area contributed by atoms with Crippen molar-refractivity contribution in [2.45, 2.75) is 20.8 Å². The average molecular weight is 309 g/mol. The molecule has 2 aromatic carbocycles. The zero-order chi connectivity index (χ0) is 16.6. The van der Waals surface area contributed by atoms with Gasteiger partial charge in [-0.15, -0.1) is 0 Å². The van der Waals surface area contributed by atoms with Crippen LogP contribution in [0.4, 0.5) is 4.39 Å². The summed E-state index contributed by atoms with van der Waals surface area (Å²) in [5, 5.41) is 3.85. The number of halogens is 1. The van der Waals surface area contributed by atoms with Crippen LogP contribution in [0.1, 0.15) is 27.8 Å². The maximum atomic E-state index is 13.1. The number of benzene rings is 2. The molecule has 0 spiro atoms. The lowest BCUT2D eigenvalue weighted by atomic mass is 9.95. The molecule has 0 saturated carbocycles.